The predicted molar refractivity (Wildman–Crippen MR) is 93.9 cm³/mol. The van der Waals surface area contributed by atoms with E-state index in [9.17, 15) is 0 Å². The second-order valence-electron chi connectivity index (χ2n) is 4.88. The van der Waals surface area contributed by atoms with Crippen molar-refractivity contribution in [2.45, 2.75) is 24.4 Å². The highest BCUT2D eigenvalue weighted by atomic mass is 32.2. The molecule has 126 valence electrons. The Morgan fingerprint density at radius 3 is 2.88 bits per heavy atom. The molecule has 0 aliphatic carbocycles. The van der Waals surface area contributed by atoms with Crippen LogP contribution in [0.4, 0.5) is 0 Å². The minimum Gasteiger partial charge on any atom is -0.497 e. The summed E-state index contributed by atoms with van der Waals surface area (Å²) in [6.45, 7) is 2.21. The highest BCUT2D eigenvalue weighted by Gasteiger charge is 2.12. The number of rotatable bonds is 7. The van der Waals surface area contributed by atoms with Gasteiger partial charge in [0.1, 0.15) is 18.1 Å². The molecule has 3 rings (SSSR count). The molecule has 0 saturated carbocycles. The van der Waals surface area contributed by atoms with Crippen molar-refractivity contribution in [3.05, 3.63) is 46.2 Å². The van der Waals surface area contributed by atoms with E-state index in [0.29, 0.717) is 22.5 Å². The molecular weight excluding hydrogens is 346 g/mol. The average Bonchev–Trinajstić information content (AvgIpc) is 3.17. The molecule has 2 N–H and O–H groups in total. The van der Waals surface area contributed by atoms with E-state index >= 15 is 0 Å². The summed E-state index contributed by atoms with van der Waals surface area (Å²) < 4.78 is 12.3. The summed E-state index contributed by atoms with van der Waals surface area (Å²) >= 11 is 3.12. The van der Waals surface area contributed by atoms with Crippen LogP contribution in [0.5, 0.6) is 11.5 Å². The first-order valence-electron chi connectivity index (χ1n) is 7.15. The molecule has 0 fully saturated rings. The Morgan fingerprint density at radius 1 is 1.29 bits per heavy atom. The van der Waals surface area contributed by atoms with Crippen molar-refractivity contribution in [3.8, 4) is 11.5 Å². The molecule has 0 amide bonds. The monoisotopic (exact) mass is 363 g/mol. The van der Waals surface area contributed by atoms with Crippen molar-refractivity contribution in [2.75, 3.05) is 13.0 Å². The Morgan fingerprint density at radius 2 is 2.12 bits per heavy atom. The molecule has 0 bridgehead atoms. The van der Waals surface area contributed by atoms with E-state index in [-0.39, 0.29) is 6.61 Å². The first-order valence-corrected chi connectivity index (χ1v) is 9.02. The number of methoxy groups -OCH3 is 1. The molecule has 0 saturated heterocycles. The zero-order valence-electron chi connectivity index (χ0n) is 13.3. The van der Waals surface area contributed by atoms with E-state index in [1.165, 1.54) is 16.4 Å². The van der Waals surface area contributed by atoms with Crippen LogP contribution in [0, 0.1) is 6.92 Å². The van der Waals surface area contributed by atoms with Gasteiger partial charge in [-0.3, -0.25) is 0 Å². The lowest BCUT2D eigenvalue weighted by Crippen LogP contribution is -2.15. The topological polar surface area (TPSA) is 88.1 Å². The minimum absolute atomic E-state index is 0.229. The Balaban J connectivity index is 1.59. The molecule has 9 heteroatoms. The van der Waals surface area contributed by atoms with E-state index in [1.807, 2.05) is 30.5 Å². The number of nitrogens with zero attached hydrogens (tertiary/aromatic N) is 4. The first kappa shape index (κ1) is 16.6. The van der Waals surface area contributed by atoms with Gasteiger partial charge in [0.2, 0.25) is 5.16 Å². The molecule has 0 aliphatic heterocycles. The van der Waals surface area contributed by atoms with Gasteiger partial charge in [-0.05, 0) is 19.1 Å². The van der Waals surface area contributed by atoms with Crippen LogP contribution in [0.3, 0.4) is 0 Å². The zero-order chi connectivity index (χ0) is 16.9. The van der Waals surface area contributed by atoms with Gasteiger partial charge in [-0.25, -0.2) is 9.66 Å². The predicted octanol–water partition coefficient (Wildman–Crippen LogP) is 2.64. The summed E-state index contributed by atoms with van der Waals surface area (Å²) in [6.07, 6.45) is 0. The molecule has 0 atom stereocenters. The van der Waals surface area contributed by atoms with Crippen LogP contribution < -0.4 is 15.3 Å². The fourth-order valence-electron chi connectivity index (χ4n) is 1.96. The molecule has 2 heterocycles. The fraction of sp³-hybridized carbons (Fsp3) is 0.267. The normalized spacial score (nSPS) is 10.8. The summed E-state index contributed by atoms with van der Waals surface area (Å²) in [4.78, 5) is 4.42. The Bertz CT molecular complexity index is 818. The number of ether oxygens (including phenoxy) is 2. The van der Waals surface area contributed by atoms with E-state index < -0.39 is 0 Å². The van der Waals surface area contributed by atoms with Gasteiger partial charge in [0.05, 0.1) is 17.8 Å². The summed E-state index contributed by atoms with van der Waals surface area (Å²) in [6, 6.07) is 7.36. The molecule has 24 heavy (non-hydrogen) atoms. The molecule has 2 aromatic heterocycles. The Hall–Kier alpha value is -2.26. The smallest absolute Gasteiger partial charge is 0.210 e. The summed E-state index contributed by atoms with van der Waals surface area (Å²) in [5, 5.41) is 11.9. The third-order valence-corrected chi connectivity index (χ3v) is 4.96. The number of benzene rings is 1. The van der Waals surface area contributed by atoms with Gasteiger partial charge >= 0.3 is 0 Å². The number of nitrogens with two attached hydrogens (primary N) is 1. The number of thiazole rings is 1. The van der Waals surface area contributed by atoms with Crippen LogP contribution in [0.15, 0.2) is 34.8 Å². The van der Waals surface area contributed by atoms with Gasteiger partial charge in [0.15, 0.2) is 5.82 Å². The minimum atomic E-state index is 0.229. The molecule has 0 radical (unpaired) electrons. The Kier molecular flexibility index (Phi) is 5.21. The maximum atomic E-state index is 6.04. The van der Waals surface area contributed by atoms with Gasteiger partial charge in [-0.1, -0.05) is 17.8 Å². The lowest BCUT2D eigenvalue weighted by molar-refractivity contribution is 0.289. The summed E-state index contributed by atoms with van der Waals surface area (Å²) in [5.74, 6) is 8.71. The number of hydrogen-bond donors (Lipinski definition) is 1. The van der Waals surface area contributed by atoms with Gasteiger partial charge in [0, 0.05) is 17.2 Å². The van der Waals surface area contributed by atoms with Crippen molar-refractivity contribution in [2.24, 2.45) is 0 Å². The molecule has 0 unspecified atom stereocenters. The van der Waals surface area contributed by atoms with Crippen LogP contribution >= 0.6 is 23.1 Å². The lowest BCUT2D eigenvalue weighted by atomic mass is 10.3. The fourth-order valence-corrected chi connectivity index (χ4v) is 3.44. The van der Waals surface area contributed by atoms with Crippen molar-refractivity contribution < 1.29 is 9.47 Å². The average molecular weight is 363 g/mol. The maximum absolute atomic E-state index is 6.04. The third-order valence-electron chi connectivity index (χ3n) is 3.16. The highest BCUT2D eigenvalue weighted by molar-refractivity contribution is 7.98. The van der Waals surface area contributed by atoms with Crippen LogP contribution in [-0.4, -0.2) is 27.0 Å². The third kappa shape index (κ3) is 3.98. The molecule has 1 aromatic carbocycles. The quantitative estimate of drug-likeness (QED) is 0.510. The van der Waals surface area contributed by atoms with Gasteiger partial charge in [-0.2, -0.15) is 0 Å². The molecule has 0 aliphatic rings. The second-order valence-corrected chi connectivity index (χ2v) is 6.89. The summed E-state index contributed by atoms with van der Waals surface area (Å²) in [7, 11) is 1.61. The van der Waals surface area contributed by atoms with Crippen LogP contribution in [0.25, 0.3) is 0 Å². The van der Waals surface area contributed by atoms with E-state index in [1.54, 1.807) is 24.5 Å². The van der Waals surface area contributed by atoms with Gasteiger partial charge in [-0.15, -0.1) is 21.5 Å². The Labute approximate surface area is 147 Å². The van der Waals surface area contributed by atoms with Crippen molar-refractivity contribution in [1.29, 1.82) is 0 Å². The molecule has 7 nitrogen and oxygen atoms in total. The number of aromatic nitrogens is 4. The van der Waals surface area contributed by atoms with Crippen molar-refractivity contribution in [1.82, 2.24) is 19.9 Å². The molecule has 3 aromatic rings. The standard InChI is InChI=1S/C15H17N5O2S2/c1-10-17-11(8-23-10)9-24-15-19-18-14(20(15)16)7-22-13-5-3-4-12(6-13)21-2/h3-6,8H,7,9,16H2,1-2H3. The van der Waals surface area contributed by atoms with Crippen LogP contribution in [0.2, 0.25) is 0 Å². The summed E-state index contributed by atoms with van der Waals surface area (Å²) in [5.41, 5.74) is 1.01. The van der Waals surface area contributed by atoms with Gasteiger partial charge in [0.25, 0.3) is 0 Å². The molecule has 0 spiro atoms. The zero-order valence-corrected chi connectivity index (χ0v) is 14.9. The van der Waals surface area contributed by atoms with E-state index in [0.717, 1.165) is 16.5 Å². The number of nitrogen functional groups attached to an aromatic ring is 1. The van der Waals surface area contributed by atoms with E-state index in [2.05, 4.69) is 15.2 Å². The van der Waals surface area contributed by atoms with Crippen LogP contribution in [-0.2, 0) is 12.4 Å². The van der Waals surface area contributed by atoms with Crippen molar-refractivity contribution >= 4 is 23.1 Å². The number of aryl methyl sites for hydroxylation is 1. The van der Waals surface area contributed by atoms with E-state index in [4.69, 9.17) is 15.3 Å². The number of thioether (sulfide) groups is 1. The maximum Gasteiger partial charge on any atom is 0.210 e. The number of hydrogen-bond acceptors (Lipinski definition) is 8. The SMILES string of the molecule is COc1cccc(OCc2nnc(SCc3csc(C)n3)n2N)c1. The van der Waals surface area contributed by atoms with Crippen LogP contribution in [0.1, 0.15) is 16.5 Å². The van der Waals surface area contributed by atoms with Crippen molar-refractivity contribution in [3.63, 3.8) is 0 Å². The van der Waals surface area contributed by atoms with Gasteiger partial charge < -0.3 is 15.3 Å². The first-order chi connectivity index (χ1) is 11.7. The highest BCUT2D eigenvalue weighted by Crippen LogP contribution is 2.23. The molecular formula is C15H17N5O2S2. The second kappa shape index (κ2) is 7.54. The largest absolute Gasteiger partial charge is 0.497 e. The lowest BCUT2D eigenvalue weighted by Gasteiger charge is -2.07.